The fourth-order valence-corrected chi connectivity index (χ4v) is 4.50. The fourth-order valence-electron chi connectivity index (χ4n) is 3.54. The maximum atomic E-state index is 13.2. The van der Waals surface area contributed by atoms with Crippen LogP contribution in [-0.4, -0.2) is 47.1 Å². The normalized spacial score (nSPS) is 24.2. The zero-order valence-corrected chi connectivity index (χ0v) is 15.4. The summed E-state index contributed by atoms with van der Waals surface area (Å²) in [4.78, 5) is 26.3. The SMILES string of the molecule is NC(C(=O)N1CCSC1)C1CCC(NC(=O)Nc2cccc(F)c2)CC1. The van der Waals surface area contributed by atoms with Gasteiger partial charge in [0.15, 0.2) is 0 Å². The summed E-state index contributed by atoms with van der Waals surface area (Å²) in [6, 6.07) is 5.05. The van der Waals surface area contributed by atoms with Crippen molar-refractivity contribution < 1.29 is 14.0 Å². The minimum Gasteiger partial charge on any atom is -0.335 e. The molecule has 0 radical (unpaired) electrons. The second kappa shape index (κ2) is 8.73. The van der Waals surface area contributed by atoms with E-state index < -0.39 is 11.9 Å². The molecule has 2 fully saturated rings. The monoisotopic (exact) mass is 380 g/mol. The van der Waals surface area contributed by atoms with Crippen molar-refractivity contribution in [1.82, 2.24) is 10.2 Å². The molecule has 0 aromatic heterocycles. The first-order chi connectivity index (χ1) is 12.5. The van der Waals surface area contributed by atoms with E-state index >= 15 is 0 Å². The van der Waals surface area contributed by atoms with E-state index in [1.165, 1.54) is 12.1 Å². The van der Waals surface area contributed by atoms with Crippen LogP contribution in [0.1, 0.15) is 25.7 Å². The van der Waals surface area contributed by atoms with Crippen molar-refractivity contribution in [2.45, 2.75) is 37.8 Å². The summed E-state index contributed by atoms with van der Waals surface area (Å²) < 4.78 is 13.2. The predicted molar refractivity (Wildman–Crippen MR) is 101 cm³/mol. The van der Waals surface area contributed by atoms with Crippen LogP contribution in [0.3, 0.4) is 0 Å². The molecule has 1 atom stereocenters. The fraction of sp³-hybridized carbons (Fsp3) is 0.556. The third-order valence-electron chi connectivity index (χ3n) is 5.05. The lowest BCUT2D eigenvalue weighted by molar-refractivity contribution is -0.132. The Morgan fingerprint density at radius 3 is 2.69 bits per heavy atom. The van der Waals surface area contributed by atoms with Gasteiger partial charge in [0.05, 0.1) is 11.9 Å². The van der Waals surface area contributed by atoms with Crippen molar-refractivity contribution in [3.8, 4) is 0 Å². The van der Waals surface area contributed by atoms with Gasteiger partial charge in [0.2, 0.25) is 5.91 Å². The molecule has 4 N–H and O–H groups in total. The standard InChI is InChI=1S/C18H25FN4O2S/c19-13-2-1-3-15(10-13)22-18(25)21-14-6-4-12(5-7-14)16(20)17(24)23-8-9-26-11-23/h1-3,10,12,14,16H,4-9,11,20H2,(H2,21,22,25). The van der Waals surface area contributed by atoms with Crippen molar-refractivity contribution in [3.63, 3.8) is 0 Å². The molecule has 1 aliphatic carbocycles. The van der Waals surface area contributed by atoms with Crippen molar-refractivity contribution in [3.05, 3.63) is 30.1 Å². The summed E-state index contributed by atoms with van der Waals surface area (Å²) in [6.45, 7) is 0.786. The van der Waals surface area contributed by atoms with Crippen LogP contribution in [0.4, 0.5) is 14.9 Å². The smallest absolute Gasteiger partial charge is 0.319 e. The second-order valence-corrected chi connectivity index (χ2v) is 7.96. The molecule has 1 aromatic carbocycles. The minimum absolute atomic E-state index is 0.0458. The Morgan fingerprint density at radius 2 is 2.04 bits per heavy atom. The molecule has 1 heterocycles. The molecule has 1 aromatic rings. The van der Waals surface area contributed by atoms with Gasteiger partial charge in [-0.05, 0) is 49.8 Å². The van der Waals surface area contributed by atoms with Crippen LogP contribution in [0, 0.1) is 11.7 Å². The van der Waals surface area contributed by atoms with Crippen LogP contribution in [-0.2, 0) is 4.79 Å². The van der Waals surface area contributed by atoms with Crippen LogP contribution >= 0.6 is 11.8 Å². The largest absolute Gasteiger partial charge is 0.335 e. The Balaban J connectivity index is 1.43. The van der Waals surface area contributed by atoms with E-state index in [0.717, 1.165) is 43.9 Å². The summed E-state index contributed by atoms with van der Waals surface area (Å²) in [6.07, 6.45) is 3.21. The Labute approximate surface area is 157 Å². The summed E-state index contributed by atoms with van der Waals surface area (Å²) in [5, 5.41) is 5.56. The van der Waals surface area contributed by atoms with Crippen molar-refractivity contribution in [1.29, 1.82) is 0 Å². The molecule has 2 aliphatic rings. The number of nitrogens with zero attached hydrogens (tertiary/aromatic N) is 1. The Kier molecular flexibility index (Phi) is 6.37. The van der Waals surface area contributed by atoms with E-state index in [1.807, 2.05) is 4.90 Å². The van der Waals surface area contributed by atoms with Crippen molar-refractivity contribution >= 4 is 29.4 Å². The van der Waals surface area contributed by atoms with Gasteiger partial charge in [0.25, 0.3) is 0 Å². The van der Waals surface area contributed by atoms with E-state index in [1.54, 1.807) is 23.9 Å². The molecule has 142 valence electrons. The number of hydrogen-bond acceptors (Lipinski definition) is 4. The first kappa shape index (κ1) is 19.0. The molecule has 0 bridgehead atoms. The molecule has 26 heavy (non-hydrogen) atoms. The number of hydrogen-bond donors (Lipinski definition) is 3. The maximum absolute atomic E-state index is 13.2. The molecule has 1 saturated heterocycles. The molecule has 3 amide bonds. The predicted octanol–water partition coefficient (Wildman–Crippen LogP) is 2.37. The maximum Gasteiger partial charge on any atom is 0.319 e. The zero-order valence-electron chi connectivity index (χ0n) is 14.6. The highest BCUT2D eigenvalue weighted by Gasteiger charge is 2.33. The third-order valence-corrected chi connectivity index (χ3v) is 6.01. The quantitative estimate of drug-likeness (QED) is 0.748. The van der Waals surface area contributed by atoms with Gasteiger partial charge in [-0.3, -0.25) is 4.79 Å². The van der Waals surface area contributed by atoms with Gasteiger partial charge in [0.1, 0.15) is 5.82 Å². The van der Waals surface area contributed by atoms with Crippen LogP contribution in [0.5, 0.6) is 0 Å². The van der Waals surface area contributed by atoms with Crippen molar-refractivity contribution in [2.24, 2.45) is 11.7 Å². The Morgan fingerprint density at radius 1 is 1.27 bits per heavy atom. The van der Waals surface area contributed by atoms with Crippen LogP contribution in [0.25, 0.3) is 0 Å². The van der Waals surface area contributed by atoms with E-state index in [4.69, 9.17) is 5.73 Å². The summed E-state index contributed by atoms with van der Waals surface area (Å²) in [5.41, 5.74) is 6.62. The molecule has 1 aliphatic heterocycles. The number of carbonyl (C=O) groups is 2. The average molecular weight is 380 g/mol. The second-order valence-electron chi connectivity index (χ2n) is 6.89. The highest BCUT2D eigenvalue weighted by atomic mass is 32.2. The number of thioether (sulfide) groups is 1. The number of nitrogens with one attached hydrogen (secondary N) is 2. The molecule has 3 rings (SSSR count). The van der Waals surface area contributed by atoms with Crippen LogP contribution < -0.4 is 16.4 Å². The lowest BCUT2D eigenvalue weighted by atomic mass is 9.81. The molecule has 0 spiro atoms. The zero-order chi connectivity index (χ0) is 18.5. The molecule has 1 unspecified atom stereocenters. The Hall–Kier alpha value is -1.80. The van der Waals surface area contributed by atoms with Gasteiger partial charge in [-0.1, -0.05) is 6.07 Å². The number of halogens is 1. The van der Waals surface area contributed by atoms with Gasteiger partial charge in [-0.25, -0.2) is 9.18 Å². The number of urea groups is 1. The lowest BCUT2D eigenvalue weighted by Gasteiger charge is -2.33. The van der Waals surface area contributed by atoms with Gasteiger partial charge in [-0.2, -0.15) is 0 Å². The number of rotatable bonds is 4. The number of anilines is 1. The van der Waals surface area contributed by atoms with Crippen LogP contribution in [0.2, 0.25) is 0 Å². The van der Waals surface area contributed by atoms with Crippen LogP contribution in [0.15, 0.2) is 24.3 Å². The minimum atomic E-state index is -0.448. The topological polar surface area (TPSA) is 87.5 Å². The first-order valence-corrected chi connectivity index (χ1v) is 10.1. The highest BCUT2D eigenvalue weighted by Crippen LogP contribution is 2.28. The lowest BCUT2D eigenvalue weighted by Crippen LogP contribution is -2.49. The van der Waals surface area contributed by atoms with Crippen molar-refractivity contribution in [2.75, 3.05) is 23.5 Å². The van der Waals surface area contributed by atoms with Gasteiger partial charge >= 0.3 is 6.03 Å². The number of benzene rings is 1. The molecule has 8 heteroatoms. The molecule has 6 nitrogen and oxygen atoms in total. The number of amides is 3. The van der Waals surface area contributed by atoms with E-state index in [9.17, 15) is 14.0 Å². The van der Waals surface area contributed by atoms with E-state index in [2.05, 4.69) is 10.6 Å². The molecular formula is C18H25FN4O2S. The van der Waals surface area contributed by atoms with E-state index in [0.29, 0.717) is 5.69 Å². The summed E-state index contributed by atoms with van der Waals surface area (Å²) in [5.74, 6) is 1.55. The summed E-state index contributed by atoms with van der Waals surface area (Å²) >= 11 is 1.75. The van der Waals surface area contributed by atoms with E-state index in [-0.39, 0.29) is 23.9 Å². The first-order valence-electron chi connectivity index (χ1n) is 8.98. The average Bonchev–Trinajstić information content (AvgIpc) is 3.15. The third kappa shape index (κ3) is 4.88. The number of nitrogens with two attached hydrogens (primary N) is 1. The highest BCUT2D eigenvalue weighted by molar-refractivity contribution is 7.99. The van der Waals surface area contributed by atoms with Gasteiger partial charge < -0.3 is 21.3 Å². The molecule has 1 saturated carbocycles. The summed E-state index contributed by atoms with van der Waals surface area (Å²) in [7, 11) is 0. The number of carbonyl (C=O) groups excluding carboxylic acids is 2. The Bertz CT molecular complexity index is 646. The van der Waals surface area contributed by atoms with Gasteiger partial charge in [-0.15, -0.1) is 11.8 Å². The molecular weight excluding hydrogens is 355 g/mol. The van der Waals surface area contributed by atoms with Gasteiger partial charge in [0, 0.05) is 24.0 Å².